The lowest BCUT2D eigenvalue weighted by Crippen LogP contribution is -2.13. The number of pyridine rings is 3. The fourth-order valence-electron chi connectivity index (χ4n) is 4.21. The average molecular weight is 567 g/mol. The molecule has 0 fully saturated rings. The Bertz CT molecular complexity index is 1970. The first kappa shape index (κ1) is 24.6. The molecule has 4 aromatic heterocycles. The average Bonchev–Trinajstić information content (AvgIpc) is 3.52. The van der Waals surface area contributed by atoms with Crippen molar-refractivity contribution in [3.05, 3.63) is 125 Å². The molecule has 0 aliphatic rings. The topological polar surface area (TPSA) is 117 Å². The number of rotatable bonds is 7. The van der Waals surface area contributed by atoms with Crippen molar-refractivity contribution in [1.82, 2.24) is 29.9 Å². The molecule has 200 valence electrons. The van der Waals surface area contributed by atoms with Gasteiger partial charge in [-0.15, -0.1) is 5.10 Å². The standard InChI is InChI=1S/C29H18ClF2N9/c30-23-10-19(9-22-26(18(12-33)14-35-28(22)23)38-20-11-24(31)29(32)36-15-20)37-27(17-5-4-8-34-13-17)25-16-41(40-39-25)21-6-2-1-3-7-21/h1-11,13-16,27,37H,(H,35,38)/t27-/m1/s1/i27D. The van der Waals surface area contributed by atoms with E-state index in [0.29, 0.717) is 22.2 Å². The van der Waals surface area contributed by atoms with Crippen LogP contribution in [-0.4, -0.2) is 29.9 Å². The van der Waals surface area contributed by atoms with Crippen molar-refractivity contribution in [1.29, 1.82) is 5.26 Å². The molecule has 6 aromatic rings. The summed E-state index contributed by atoms with van der Waals surface area (Å²) >= 11 is 6.64. The van der Waals surface area contributed by atoms with Crippen molar-refractivity contribution in [2.24, 2.45) is 0 Å². The molecule has 0 radical (unpaired) electrons. The van der Waals surface area contributed by atoms with Gasteiger partial charge in [-0.2, -0.15) is 9.65 Å². The summed E-state index contributed by atoms with van der Waals surface area (Å²) in [4.78, 5) is 11.9. The minimum atomic E-state index is -1.68. The Kier molecular flexibility index (Phi) is 6.56. The number of nitrogens with one attached hydrogen (secondary N) is 2. The third kappa shape index (κ3) is 5.24. The van der Waals surface area contributed by atoms with E-state index in [9.17, 15) is 15.4 Å². The fourth-order valence-corrected chi connectivity index (χ4v) is 4.48. The monoisotopic (exact) mass is 566 g/mol. The summed E-state index contributed by atoms with van der Waals surface area (Å²) in [5, 5.41) is 25.0. The van der Waals surface area contributed by atoms with Gasteiger partial charge in [-0.1, -0.05) is 41.1 Å². The number of halogens is 3. The van der Waals surface area contributed by atoms with Gasteiger partial charge in [-0.05, 0) is 35.9 Å². The number of fused-ring (bicyclic) bond motifs is 1. The Balaban J connectivity index is 1.47. The molecule has 0 aliphatic heterocycles. The number of para-hydroxylation sites is 1. The maximum Gasteiger partial charge on any atom is 0.249 e. The van der Waals surface area contributed by atoms with Gasteiger partial charge in [0.1, 0.15) is 11.8 Å². The molecule has 2 aromatic carbocycles. The minimum Gasteiger partial charge on any atom is -0.373 e. The van der Waals surface area contributed by atoms with Gasteiger partial charge in [0.05, 0.1) is 52.9 Å². The number of anilines is 3. The summed E-state index contributed by atoms with van der Waals surface area (Å²) in [6, 6.07) is 17.3. The Morgan fingerprint density at radius 1 is 1.00 bits per heavy atom. The lowest BCUT2D eigenvalue weighted by atomic mass is 10.0. The number of aromatic nitrogens is 6. The molecule has 0 saturated heterocycles. The van der Waals surface area contributed by atoms with Gasteiger partial charge in [-0.3, -0.25) is 9.97 Å². The molecule has 0 bridgehead atoms. The van der Waals surface area contributed by atoms with Crippen LogP contribution in [0.5, 0.6) is 0 Å². The summed E-state index contributed by atoms with van der Waals surface area (Å²) in [6.45, 7) is 0. The molecule has 12 heteroatoms. The minimum absolute atomic E-state index is 0.107. The SMILES string of the molecule is [2H][C@@](Nc1cc(Cl)c2ncc(C#N)c(Nc3cnc(F)c(F)c3)c2c1)(c1cccnc1)c1cn(-c2ccccc2)nn1. The number of nitrogens with zero attached hydrogens (tertiary/aromatic N) is 7. The third-order valence-corrected chi connectivity index (χ3v) is 6.39. The third-order valence-electron chi connectivity index (χ3n) is 6.10. The molecular weight excluding hydrogens is 548 g/mol. The Morgan fingerprint density at radius 3 is 2.61 bits per heavy atom. The normalized spacial score (nSPS) is 12.8. The van der Waals surface area contributed by atoms with E-state index in [4.69, 9.17) is 11.6 Å². The van der Waals surface area contributed by atoms with Gasteiger partial charge in [0.25, 0.3) is 0 Å². The number of hydrogen-bond donors (Lipinski definition) is 2. The lowest BCUT2D eigenvalue weighted by Gasteiger charge is -2.19. The highest BCUT2D eigenvalue weighted by molar-refractivity contribution is 6.36. The maximum absolute atomic E-state index is 13.9. The van der Waals surface area contributed by atoms with E-state index in [1.807, 2.05) is 36.4 Å². The summed E-state index contributed by atoms with van der Waals surface area (Å²) in [5.74, 6) is -2.40. The van der Waals surface area contributed by atoms with Crippen LogP contribution in [0.1, 0.15) is 24.2 Å². The van der Waals surface area contributed by atoms with Crippen LogP contribution < -0.4 is 10.6 Å². The highest BCUT2D eigenvalue weighted by Crippen LogP contribution is 2.36. The van der Waals surface area contributed by atoms with Crippen molar-refractivity contribution in [2.45, 2.75) is 6.02 Å². The molecular formula is C29H18ClF2N9. The highest BCUT2D eigenvalue weighted by atomic mass is 35.5. The van der Waals surface area contributed by atoms with Crippen LogP contribution in [0.3, 0.4) is 0 Å². The highest BCUT2D eigenvalue weighted by Gasteiger charge is 2.21. The molecule has 0 saturated carbocycles. The van der Waals surface area contributed by atoms with Crippen LogP contribution in [0, 0.1) is 23.1 Å². The molecule has 4 heterocycles. The fraction of sp³-hybridized carbons (Fsp3) is 0.0345. The van der Waals surface area contributed by atoms with E-state index in [1.165, 1.54) is 6.20 Å². The van der Waals surface area contributed by atoms with Gasteiger partial charge in [-0.25, -0.2) is 14.1 Å². The molecule has 1 atom stereocenters. The van der Waals surface area contributed by atoms with Crippen molar-refractivity contribution < 1.29 is 10.2 Å². The summed E-state index contributed by atoms with van der Waals surface area (Å²) in [7, 11) is 0. The largest absolute Gasteiger partial charge is 0.373 e. The van der Waals surface area contributed by atoms with E-state index >= 15 is 0 Å². The molecule has 2 N–H and O–H groups in total. The maximum atomic E-state index is 13.9. The van der Waals surface area contributed by atoms with E-state index in [0.717, 1.165) is 18.0 Å². The zero-order valence-electron chi connectivity index (χ0n) is 21.9. The first-order valence-corrected chi connectivity index (χ1v) is 12.5. The van der Waals surface area contributed by atoms with Crippen molar-refractivity contribution in [3.63, 3.8) is 0 Å². The zero-order chi connectivity index (χ0) is 29.3. The van der Waals surface area contributed by atoms with Crippen LogP contribution in [0.2, 0.25) is 5.02 Å². The quantitative estimate of drug-likeness (QED) is 0.215. The summed E-state index contributed by atoms with van der Waals surface area (Å²) < 4.78 is 38.5. The van der Waals surface area contributed by atoms with Gasteiger partial charge >= 0.3 is 0 Å². The van der Waals surface area contributed by atoms with Crippen LogP contribution in [0.15, 0.2) is 91.6 Å². The molecule has 0 unspecified atom stereocenters. The second kappa shape index (κ2) is 11.0. The van der Waals surface area contributed by atoms with Crippen LogP contribution in [0.25, 0.3) is 16.6 Å². The van der Waals surface area contributed by atoms with E-state index < -0.39 is 17.8 Å². The smallest absolute Gasteiger partial charge is 0.249 e. The molecule has 0 spiro atoms. The predicted octanol–water partition coefficient (Wildman–Crippen LogP) is 6.35. The summed E-state index contributed by atoms with van der Waals surface area (Å²) in [6.07, 6.45) is 7.20. The number of benzene rings is 2. The molecule has 0 aliphatic carbocycles. The number of nitriles is 1. The van der Waals surface area contributed by atoms with E-state index in [2.05, 4.69) is 35.9 Å². The molecule has 41 heavy (non-hydrogen) atoms. The molecule has 6 rings (SSSR count). The first-order chi connectivity index (χ1) is 20.4. The van der Waals surface area contributed by atoms with Crippen LogP contribution in [-0.2, 0) is 0 Å². The predicted molar refractivity (Wildman–Crippen MR) is 150 cm³/mol. The Hall–Kier alpha value is -5.47. The molecule has 9 nitrogen and oxygen atoms in total. The molecule has 0 amide bonds. The lowest BCUT2D eigenvalue weighted by molar-refractivity contribution is 0.480. The second-order valence-corrected chi connectivity index (χ2v) is 9.17. The van der Waals surface area contributed by atoms with Crippen molar-refractivity contribution in [2.75, 3.05) is 10.6 Å². The van der Waals surface area contributed by atoms with Crippen LogP contribution >= 0.6 is 11.6 Å². The summed E-state index contributed by atoms with van der Waals surface area (Å²) in [5.41, 5.74) is 2.69. The van der Waals surface area contributed by atoms with Crippen LogP contribution in [0.4, 0.5) is 25.8 Å². The first-order valence-electron chi connectivity index (χ1n) is 12.6. The number of hydrogen-bond acceptors (Lipinski definition) is 8. The van der Waals surface area contributed by atoms with Gasteiger partial charge in [0, 0.05) is 35.7 Å². The van der Waals surface area contributed by atoms with Crippen molar-refractivity contribution >= 4 is 39.6 Å². The van der Waals surface area contributed by atoms with E-state index in [-0.39, 0.29) is 27.7 Å². The van der Waals surface area contributed by atoms with Gasteiger partial charge in [0.2, 0.25) is 5.95 Å². The van der Waals surface area contributed by atoms with Crippen molar-refractivity contribution in [3.8, 4) is 11.8 Å². The second-order valence-electron chi connectivity index (χ2n) is 8.76. The van der Waals surface area contributed by atoms with E-state index in [1.54, 1.807) is 47.5 Å². The van der Waals surface area contributed by atoms with Gasteiger partial charge in [0.15, 0.2) is 5.82 Å². The zero-order valence-corrected chi connectivity index (χ0v) is 21.7. The van der Waals surface area contributed by atoms with Gasteiger partial charge < -0.3 is 10.6 Å². The Labute approximate surface area is 238 Å². The Morgan fingerprint density at radius 2 is 1.85 bits per heavy atom.